The summed E-state index contributed by atoms with van der Waals surface area (Å²) in [7, 11) is 0. The first-order valence-corrected chi connectivity index (χ1v) is 9.90. The van der Waals surface area contributed by atoms with Crippen molar-refractivity contribution in [3.05, 3.63) is 68.7 Å². The average Bonchev–Trinajstić information content (AvgIpc) is 3.12. The van der Waals surface area contributed by atoms with E-state index in [9.17, 15) is 10.1 Å². The summed E-state index contributed by atoms with van der Waals surface area (Å²) < 4.78 is 18.3. The number of para-hydroxylation sites is 1. The summed E-state index contributed by atoms with van der Waals surface area (Å²) >= 11 is 5.23. The number of nitro groups is 1. The number of nitrogens with zero attached hydrogens (tertiary/aromatic N) is 4. The van der Waals surface area contributed by atoms with E-state index in [0.29, 0.717) is 23.7 Å². The van der Waals surface area contributed by atoms with Gasteiger partial charge in [-0.05, 0) is 44.3 Å². The van der Waals surface area contributed by atoms with Crippen LogP contribution >= 0.6 is 12.2 Å². The lowest BCUT2D eigenvalue weighted by molar-refractivity contribution is -0.385. The largest absolute Gasteiger partial charge is 0.490 e. The molecule has 0 atom stereocenters. The fourth-order valence-electron chi connectivity index (χ4n) is 2.70. The second kappa shape index (κ2) is 10.3. The standard InChI is InChI=1S/C20H21N5O5S/c1-3-28-17-11-14(10-16(25(26)27)19(17)29-4-2)12-21-24-18(22-23-20(24)31)13-30-15-8-6-5-7-9-15/h5-12H,3-4,13H2,1-2H3,(H,23,31)/b21-12-. The van der Waals surface area contributed by atoms with Crippen molar-refractivity contribution in [3.8, 4) is 17.2 Å². The predicted octanol–water partition coefficient (Wildman–Crippen LogP) is 4.11. The van der Waals surface area contributed by atoms with Gasteiger partial charge >= 0.3 is 5.69 Å². The van der Waals surface area contributed by atoms with Crippen LogP contribution < -0.4 is 14.2 Å². The van der Waals surface area contributed by atoms with Crippen molar-refractivity contribution < 1.29 is 19.1 Å². The summed E-state index contributed by atoms with van der Waals surface area (Å²) in [4.78, 5) is 11.0. The first kappa shape index (κ1) is 22.0. The summed E-state index contributed by atoms with van der Waals surface area (Å²) in [6.07, 6.45) is 1.43. The third-order valence-electron chi connectivity index (χ3n) is 3.99. The molecule has 3 aromatic rings. The number of hydrogen-bond acceptors (Lipinski definition) is 8. The van der Waals surface area contributed by atoms with Crippen LogP contribution in [-0.4, -0.2) is 39.2 Å². The van der Waals surface area contributed by atoms with Gasteiger partial charge in [0.15, 0.2) is 11.6 Å². The molecule has 0 fully saturated rings. The first-order valence-electron chi connectivity index (χ1n) is 9.50. The highest BCUT2D eigenvalue weighted by Gasteiger charge is 2.22. The Kier molecular flexibility index (Phi) is 7.33. The molecule has 162 valence electrons. The average molecular weight is 443 g/mol. The van der Waals surface area contributed by atoms with Crippen LogP contribution in [0.25, 0.3) is 0 Å². The molecule has 0 aliphatic rings. The van der Waals surface area contributed by atoms with E-state index < -0.39 is 4.92 Å². The van der Waals surface area contributed by atoms with Crippen LogP contribution in [0.2, 0.25) is 0 Å². The summed E-state index contributed by atoms with van der Waals surface area (Å²) in [6, 6.07) is 12.2. The molecule has 11 heteroatoms. The number of nitro benzene ring substituents is 1. The Labute approximate surface area is 183 Å². The third kappa shape index (κ3) is 5.45. The highest BCUT2D eigenvalue weighted by Crippen LogP contribution is 2.38. The maximum atomic E-state index is 11.5. The van der Waals surface area contributed by atoms with Gasteiger partial charge in [0.25, 0.3) is 0 Å². The van der Waals surface area contributed by atoms with E-state index in [2.05, 4.69) is 15.3 Å². The fourth-order valence-corrected chi connectivity index (χ4v) is 2.89. The molecule has 1 heterocycles. The van der Waals surface area contributed by atoms with Crippen molar-refractivity contribution in [2.45, 2.75) is 20.5 Å². The van der Waals surface area contributed by atoms with Gasteiger partial charge in [-0.15, -0.1) is 0 Å². The van der Waals surface area contributed by atoms with Crippen LogP contribution in [0.1, 0.15) is 25.2 Å². The van der Waals surface area contributed by atoms with E-state index in [1.165, 1.54) is 17.0 Å². The first-order chi connectivity index (χ1) is 15.0. The van der Waals surface area contributed by atoms with Crippen molar-refractivity contribution in [1.82, 2.24) is 14.9 Å². The molecule has 1 N–H and O–H groups in total. The van der Waals surface area contributed by atoms with Crippen molar-refractivity contribution in [2.24, 2.45) is 5.10 Å². The van der Waals surface area contributed by atoms with Crippen molar-refractivity contribution in [3.63, 3.8) is 0 Å². The van der Waals surface area contributed by atoms with Gasteiger partial charge < -0.3 is 14.2 Å². The minimum absolute atomic E-state index is 0.0865. The van der Waals surface area contributed by atoms with Crippen molar-refractivity contribution >= 4 is 24.1 Å². The lowest BCUT2D eigenvalue weighted by Crippen LogP contribution is -2.05. The number of nitrogens with one attached hydrogen (secondary N) is 1. The highest BCUT2D eigenvalue weighted by molar-refractivity contribution is 7.71. The number of aromatic amines is 1. The number of H-pyrrole nitrogens is 1. The second-order valence-corrected chi connectivity index (χ2v) is 6.48. The summed E-state index contributed by atoms with van der Waals surface area (Å²) in [5, 5.41) is 22.7. The monoisotopic (exact) mass is 443 g/mol. The molecule has 0 unspecified atom stereocenters. The van der Waals surface area contributed by atoms with Crippen LogP contribution in [0.4, 0.5) is 5.69 Å². The molecule has 0 radical (unpaired) electrons. The van der Waals surface area contributed by atoms with Gasteiger partial charge in [0.2, 0.25) is 10.5 Å². The molecule has 0 saturated heterocycles. The third-order valence-corrected chi connectivity index (χ3v) is 4.26. The molecule has 0 spiro atoms. The number of hydrogen-bond donors (Lipinski definition) is 1. The Bertz CT molecular complexity index is 1130. The Balaban J connectivity index is 1.90. The Morgan fingerprint density at radius 2 is 1.94 bits per heavy atom. The second-order valence-electron chi connectivity index (χ2n) is 6.09. The molecule has 3 rings (SSSR count). The zero-order valence-electron chi connectivity index (χ0n) is 17.0. The Morgan fingerprint density at radius 1 is 1.19 bits per heavy atom. The molecule has 31 heavy (non-hydrogen) atoms. The number of rotatable bonds is 10. The van der Waals surface area contributed by atoms with Gasteiger partial charge in [0, 0.05) is 11.6 Å². The molecule has 10 nitrogen and oxygen atoms in total. The minimum atomic E-state index is -0.520. The number of benzene rings is 2. The van der Waals surface area contributed by atoms with E-state index in [4.69, 9.17) is 26.4 Å². The summed E-state index contributed by atoms with van der Waals surface area (Å²) in [5.74, 6) is 1.47. The highest BCUT2D eigenvalue weighted by atomic mass is 32.1. The molecule has 1 aromatic heterocycles. The van der Waals surface area contributed by atoms with Gasteiger partial charge in [0.05, 0.1) is 24.4 Å². The Morgan fingerprint density at radius 3 is 2.61 bits per heavy atom. The lowest BCUT2D eigenvalue weighted by Gasteiger charge is -2.11. The van der Waals surface area contributed by atoms with E-state index in [0.717, 1.165) is 0 Å². The molecule has 0 amide bonds. The van der Waals surface area contributed by atoms with Crippen LogP contribution in [0.5, 0.6) is 17.2 Å². The van der Waals surface area contributed by atoms with Gasteiger partial charge in [-0.2, -0.15) is 14.9 Å². The van der Waals surface area contributed by atoms with E-state index in [-0.39, 0.29) is 35.2 Å². The maximum Gasteiger partial charge on any atom is 0.315 e. The molecular weight excluding hydrogens is 422 g/mol. The maximum absolute atomic E-state index is 11.5. The number of ether oxygens (including phenoxy) is 3. The topological polar surface area (TPSA) is 117 Å². The quantitative estimate of drug-likeness (QED) is 0.217. The minimum Gasteiger partial charge on any atom is -0.490 e. The zero-order chi connectivity index (χ0) is 22.2. The summed E-state index contributed by atoms with van der Waals surface area (Å²) in [5.41, 5.74) is 0.231. The van der Waals surface area contributed by atoms with Crippen molar-refractivity contribution in [1.29, 1.82) is 0 Å². The van der Waals surface area contributed by atoms with Crippen LogP contribution in [0, 0.1) is 14.9 Å². The van der Waals surface area contributed by atoms with E-state index in [1.807, 2.05) is 30.3 Å². The molecule has 0 aliphatic carbocycles. The SMILES string of the molecule is CCOc1cc(/C=N\n2c(COc3ccccc3)n[nH]c2=S)cc([N+](=O)[O-])c1OCC. The van der Waals surface area contributed by atoms with Gasteiger partial charge in [0.1, 0.15) is 12.4 Å². The van der Waals surface area contributed by atoms with Crippen LogP contribution in [0.15, 0.2) is 47.6 Å². The van der Waals surface area contributed by atoms with Gasteiger partial charge in [-0.25, -0.2) is 5.10 Å². The normalized spacial score (nSPS) is 10.9. The van der Waals surface area contributed by atoms with E-state index in [1.54, 1.807) is 19.9 Å². The van der Waals surface area contributed by atoms with Crippen LogP contribution in [-0.2, 0) is 6.61 Å². The summed E-state index contributed by atoms with van der Waals surface area (Å²) in [6.45, 7) is 4.25. The molecule has 0 bridgehead atoms. The zero-order valence-corrected chi connectivity index (χ0v) is 17.8. The fraction of sp³-hybridized carbons (Fsp3) is 0.250. The van der Waals surface area contributed by atoms with Gasteiger partial charge in [-0.1, -0.05) is 18.2 Å². The molecule has 0 aliphatic heterocycles. The van der Waals surface area contributed by atoms with Gasteiger partial charge in [-0.3, -0.25) is 10.1 Å². The lowest BCUT2D eigenvalue weighted by atomic mass is 10.2. The predicted molar refractivity (Wildman–Crippen MR) is 117 cm³/mol. The van der Waals surface area contributed by atoms with Crippen LogP contribution in [0.3, 0.4) is 0 Å². The Hall–Kier alpha value is -3.73. The molecule has 0 saturated carbocycles. The van der Waals surface area contributed by atoms with Crippen molar-refractivity contribution in [2.75, 3.05) is 13.2 Å². The number of aromatic nitrogens is 3. The smallest absolute Gasteiger partial charge is 0.315 e. The molecule has 2 aromatic carbocycles. The van der Waals surface area contributed by atoms with E-state index >= 15 is 0 Å². The molecular formula is C20H21N5O5S.